The molecule has 2 N–H and O–H groups in total. The molecule has 0 radical (unpaired) electrons. The summed E-state index contributed by atoms with van der Waals surface area (Å²) in [4.78, 5) is 13.2. The van der Waals surface area contributed by atoms with Crippen molar-refractivity contribution in [1.29, 1.82) is 0 Å². The molecule has 5 nitrogen and oxygen atoms in total. The Morgan fingerprint density at radius 2 is 1.82 bits per heavy atom. The molecule has 0 bridgehead atoms. The first-order valence-corrected chi connectivity index (χ1v) is 7.80. The fourth-order valence-electron chi connectivity index (χ4n) is 2.69. The van der Waals surface area contributed by atoms with Gasteiger partial charge in [0.25, 0.3) is 0 Å². The van der Waals surface area contributed by atoms with E-state index in [1.54, 1.807) is 0 Å². The molecule has 1 aromatic heterocycles. The van der Waals surface area contributed by atoms with Gasteiger partial charge in [-0.05, 0) is 31.2 Å². The van der Waals surface area contributed by atoms with E-state index in [9.17, 15) is 0 Å². The molecule has 2 heterocycles. The summed E-state index contributed by atoms with van der Waals surface area (Å²) >= 11 is 5.94. The third kappa shape index (κ3) is 3.48. The molecule has 0 amide bonds. The molecule has 0 aliphatic carbocycles. The molecule has 0 saturated carbocycles. The largest absolute Gasteiger partial charge is 0.383 e. The SMILES string of the molecule is Cc1ncc(CN2CCN(c3ccc(Cl)cc3)CC2)c(N)n1. The Kier molecular flexibility index (Phi) is 4.45. The second kappa shape index (κ2) is 6.50. The zero-order valence-electron chi connectivity index (χ0n) is 12.7. The number of aryl methyl sites for hydroxylation is 1. The Bertz CT molecular complexity index is 635. The summed E-state index contributed by atoms with van der Waals surface area (Å²) in [5, 5.41) is 0.775. The lowest BCUT2D eigenvalue weighted by molar-refractivity contribution is 0.250. The van der Waals surface area contributed by atoms with Gasteiger partial charge in [-0.25, -0.2) is 9.97 Å². The molecule has 6 heteroatoms. The van der Waals surface area contributed by atoms with Crippen LogP contribution in [-0.2, 0) is 6.54 Å². The maximum absolute atomic E-state index is 5.97. The third-order valence-electron chi connectivity index (χ3n) is 3.98. The van der Waals surface area contributed by atoms with Crippen molar-refractivity contribution >= 4 is 23.1 Å². The van der Waals surface area contributed by atoms with E-state index < -0.39 is 0 Å². The van der Waals surface area contributed by atoms with Crippen LogP contribution in [0.15, 0.2) is 30.5 Å². The number of nitrogens with two attached hydrogens (primary N) is 1. The van der Waals surface area contributed by atoms with Crippen LogP contribution >= 0.6 is 11.6 Å². The van der Waals surface area contributed by atoms with Crippen LogP contribution in [-0.4, -0.2) is 41.0 Å². The van der Waals surface area contributed by atoms with Crippen LogP contribution in [0.4, 0.5) is 11.5 Å². The predicted octanol–water partition coefficient (Wildman–Crippen LogP) is 2.34. The van der Waals surface area contributed by atoms with Crippen LogP contribution in [0.2, 0.25) is 5.02 Å². The molecule has 0 unspecified atom stereocenters. The fraction of sp³-hybridized carbons (Fsp3) is 0.375. The lowest BCUT2D eigenvalue weighted by Gasteiger charge is -2.36. The summed E-state index contributed by atoms with van der Waals surface area (Å²) in [6.07, 6.45) is 1.84. The van der Waals surface area contributed by atoms with Gasteiger partial charge in [0.05, 0.1) is 0 Å². The zero-order valence-corrected chi connectivity index (χ0v) is 13.4. The zero-order chi connectivity index (χ0) is 15.5. The van der Waals surface area contributed by atoms with Gasteiger partial charge in [-0.3, -0.25) is 4.90 Å². The van der Waals surface area contributed by atoms with E-state index >= 15 is 0 Å². The second-order valence-corrected chi connectivity index (χ2v) is 6.00. The Hall–Kier alpha value is -1.85. The van der Waals surface area contributed by atoms with Gasteiger partial charge in [0.15, 0.2) is 0 Å². The minimum atomic E-state index is 0.590. The van der Waals surface area contributed by atoms with Crippen molar-refractivity contribution in [1.82, 2.24) is 14.9 Å². The van der Waals surface area contributed by atoms with Crippen LogP contribution < -0.4 is 10.6 Å². The first kappa shape index (κ1) is 15.1. The Balaban J connectivity index is 1.58. The van der Waals surface area contributed by atoms with Gasteiger partial charge in [0.2, 0.25) is 0 Å². The number of halogens is 1. The highest BCUT2D eigenvalue weighted by atomic mass is 35.5. The maximum atomic E-state index is 5.97. The monoisotopic (exact) mass is 317 g/mol. The summed E-state index contributed by atoms with van der Waals surface area (Å²) in [5.41, 5.74) is 8.20. The molecule has 0 spiro atoms. The molecule has 1 aliphatic heterocycles. The van der Waals surface area contributed by atoms with E-state index in [0.717, 1.165) is 43.3 Å². The molecular weight excluding hydrogens is 298 g/mol. The predicted molar refractivity (Wildman–Crippen MR) is 90.1 cm³/mol. The highest BCUT2D eigenvalue weighted by molar-refractivity contribution is 6.30. The number of benzene rings is 1. The van der Waals surface area contributed by atoms with Crippen molar-refractivity contribution in [2.75, 3.05) is 36.8 Å². The van der Waals surface area contributed by atoms with Gasteiger partial charge in [-0.1, -0.05) is 11.6 Å². The van der Waals surface area contributed by atoms with Crippen molar-refractivity contribution in [3.63, 3.8) is 0 Å². The topological polar surface area (TPSA) is 58.3 Å². The molecular formula is C16H20ClN5. The fourth-order valence-corrected chi connectivity index (χ4v) is 2.82. The average molecular weight is 318 g/mol. The van der Waals surface area contributed by atoms with E-state index in [4.69, 9.17) is 17.3 Å². The van der Waals surface area contributed by atoms with Gasteiger partial charge in [-0.15, -0.1) is 0 Å². The minimum absolute atomic E-state index is 0.590. The quantitative estimate of drug-likeness (QED) is 0.941. The third-order valence-corrected chi connectivity index (χ3v) is 4.23. The number of nitrogens with zero attached hydrogens (tertiary/aromatic N) is 4. The number of piperazine rings is 1. The van der Waals surface area contributed by atoms with Gasteiger partial charge in [0.1, 0.15) is 11.6 Å². The van der Waals surface area contributed by atoms with Crippen LogP contribution in [0.25, 0.3) is 0 Å². The Morgan fingerprint density at radius 3 is 2.45 bits per heavy atom. The van der Waals surface area contributed by atoms with E-state index in [-0.39, 0.29) is 0 Å². The lowest BCUT2D eigenvalue weighted by Crippen LogP contribution is -2.46. The van der Waals surface area contributed by atoms with Crippen molar-refractivity contribution < 1.29 is 0 Å². The molecule has 1 fully saturated rings. The average Bonchev–Trinajstić information content (AvgIpc) is 2.52. The van der Waals surface area contributed by atoms with E-state index in [2.05, 4.69) is 31.9 Å². The number of rotatable bonds is 3. The normalized spacial score (nSPS) is 16.0. The molecule has 3 rings (SSSR count). The highest BCUT2D eigenvalue weighted by Crippen LogP contribution is 2.20. The first-order valence-electron chi connectivity index (χ1n) is 7.43. The number of hydrogen-bond donors (Lipinski definition) is 1. The summed E-state index contributed by atoms with van der Waals surface area (Å²) in [7, 11) is 0. The van der Waals surface area contributed by atoms with Gasteiger partial charge in [-0.2, -0.15) is 0 Å². The minimum Gasteiger partial charge on any atom is -0.383 e. The van der Waals surface area contributed by atoms with Gasteiger partial charge >= 0.3 is 0 Å². The Morgan fingerprint density at radius 1 is 1.14 bits per heavy atom. The van der Waals surface area contributed by atoms with E-state index in [0.29, 0.717) is 11.6 Å². The van der Waals surface area contributed by atoms with Gasteiger partial charge < -0.3 is 10.6 Å². The van der Waals surface area contributed by atoms with E-state index in [1.807, 2.05) is 25.3 Å². The van der Waals surface area contributed by atoms with Crippen LogP contribution in [0.3, 0.4) is 0 Å². The number of aromatic nitrogens is 2. The molecule has 1 aliphatic rings. The smallest absolute Gasteiger partial charge is 0.131 e. The summed E-state index contributed by atoms with van der Waals surface area (Å²) in [6.45, 7) is 6.64. The lowest BCUT2D eigenvalue weighted by atomic mass is 10.2. The van der Waals surface area contributed by atoms with Crippen LogP contribution in [0.1, 0.15) is 11.4 Å². The maximum Gasteiger partial charge on any atom is 0.131 e. The summed E-state index contributed by atoms with van der Waals surface area (Å²) < 4.78 is 0. The molecule has 0 atom stereocenters. The molecule has 22 heavy (non-hydrogen) atoms. The number of hydrogen-bond acceptors (Lipinski definition) is 5. The molecule has 116 valence electrons. The van der Waals surface area contributed by atoms with Crippen molar-refractivity contribution in [2.45, 2.75) is 13.5 Å². The second-order valence-electron chi connectivity index (χ2n) is 5.57. The van der Waals surface area contributed by atoms with Gasteiger partial charge in [0, 0.05) is 55.2 Å². The summed E-state index contributed by atoms with van der Waals surface area (Å²) in [5.74, 6) is 1.31. The molecule has 1 saturated heterocycles. The Labute approximate surface area is 135 Å². The molecule has 1 aromatic carbocycles. The van der Waals surface area contributed by atoms with Crippen molar-refractivity contribution in [2.24, 2.45) is 0 Å². The summed E-state index contributed by atoms with van der Waals surface area (Å²) in [6, 6.07) is 8.02. The van der Waals surface area contributed by atoms with Crippen LogP contribution in [0, 0.1) is 6.92 Å². The number of anilines is 2. The molecule has 2 aromatic rings. The number of nitrogen functional groups attached to an aromatic ring is 1. The van der Waals surface area contributed by atoms with Crippen LogP contribution in [0.5, 0.6) is 0 Å². The standard InChI is InChI=1S/C16H20ClN5/c1-12-19-10-13(16(18)20-12)11-21-6-8-22(9-7-21)15-4-2-14(17)3-5-15/h2-5,10H,6-9,11H2,1H3,(H2,18,19,20). The van der Waals surface area contributed by atoms with E-state index in [1.165, 1.54) is 5.69 Å². The van der Waals surface area contributed by atoms with Crippen molar-refractivity contribution in [3.05, 3.63) is 46.9 Å². The van der Waals surface area contributed by atoms with Crippen molar-refractivity contribution in [3.8, 4) is 0 Å². The first-order chi connectivity index (χ1) is 10.6. The highest BCUT2D eigenvalue weighted by Gasteiger charge is 2.18.